The molecule has 1 aromatic heterocycles. The van der Waals surface area contributed by atoms with E-state index in [0.29, 0.717) is 35.6 Å². The number of anilines is 1. The van der Waals surface area contributed by atoms with E-state index in [4.69, 9.17) is 23.8 Å². The first-order valence-corrected chi connectivity index (χ1v) is 14.4. The normalized spacial score (nSPS) is 20.4. The fourth-order valence-electron chi connectivity index (χ4n) is 5.69. The Labute approximate surface area is 245 Å². The second-order valence-electron chi connectivity index (χ2n) is 10.7. The molecule has 0 bridgehead atoms. The molecule has 8 nitrogen and oxygen atoms in total. The number of hydrogen-bond acceptors (Lipinski definition) is 6. The number of nitrogens with one attached hydrogen (secondary N) is 4. The average molecular weight is 584 g/mol. The third-order valence-electron chi connectivity index (χ3n) is 7.90. The number of halogens is 2. The van der Waals surface area contributed by atoms with E-state index in [1.165, 1.54) is 30.7 Å². The summed E-state index contributed by atoms with van der Waals surface area (Å²) in [4.78, 5) is 21.4. The Hall–Kier alpha value is -3.21. The van der Waals surface area contributed by atoms with E-state index in [-0.39, 0.29) is 22.8 Å². The standard InChI is InChI=1S/C29H35ClFN7OS/c1-37-13-10-19-6-5-18-7-8-21(31)15-23(18)26(24(19)17-37)34-29(40)36-35-27-25(30)14-20(16-33-27)28(39)32-11-9-22-4-3-12-38(22)2/h7-8,10,13-16,22,26H,3-6,9,11-12,17H2,1-2H3,(H,32,39)(H,33,35)(H2,34,36,40). The van der Waals surface area contributed by atoms with Crippen molar-refractivity contribution >= 4 is 40.7 Å². The van der Waals surface area contributed by atoms with E-state index in [1.807, 2.05) is 13.1 Å². The molecular formula is C29H35ClFN7OS. The van der Waals surface area contributed by atoms with Crippen LogP contribution in [0.5, 0.6) is 0 Å². The van der Waals surface area contributed by atoms with Crippen LogP contribution in [-0.2, 0) is 6.42 Å². The van der Waals surface area contributed by atoms with E-state index in [0.717, 1.165) is 42.5 Å². The lowest BCUT2D eigenvalue weighted by molar-refractivity contribution is 0.0950. The number of carbonyl (C=O) groups is 1. The van der Waals surface area contributed by atoms with Crippen LogP contribution < -0.4 is 21.5 Å². The van der Waals surface area contributed by atoms with Crippen molar-refractivity contribution in [3.63, 3.8) is 0 Å². The zero-order valence-corrected chi connectivity index (χ0v) is 24.3. The highest BCUT2D eigenvalue weighted by atomic mass is 35.5. The number of fused-ring (bicyclic) bond motifs is 1. The Morgan fingerprint density at radius 2 is 2.10 bits per heavy atom. The molecule has 212 valence electrons. The largest absolute Gasteiger partial charge is 0.376 e. The molecule has 3 aliphatic rings. The molecule has 1 aliphatic carbocycles. The number of pyridine rings is 1. The lowest BCUT2D eigenvalue weighted by atomic mass is 9.92. The highest BCUT2D eigenvalue weighted by molar-refractivity contribution is 7.80. The quantitative estimate of drug-likeness (QED) is 0.283. The Kier molecular flexibility index (Phi) is 8.87. The predicted octanol–water partition coefficient (Wildman–Crippen LogP) is 4.32. The first-order chi connectivity index (χ1) is 19.3. The Morgan fingerprint density at radius 1 is 1.25 bits per heavy atom. The summed E-state index contributed by atoms with van der Waals surface area (Å²) < 4.78 is 14.3. The molecule has 1 amide bonds. The number of allylic oxidation sites excluding steroid dienone is 2. The summed E-state index contributed by atoms with van der Waals surface area (Å²) in [6.07, 6.45) is 10.7. The molecular weight excluding hydrogens is 549 g/mol. The van der Waals surface area contributed by atoms with Gasteiger partial charge in [0.25, 0.3) is 5.91 Å². The molecule has 3 heterocycles. The third-order valence-corrected chi connectivity index (χ3v) is 8.41. The number of thiocarbonyl (C=S) groups is 1. The predicted molar refractivity (Wildman–Crippen MR) is 161 cm³/mol. The summed E-state index contributed by atoms with van der Waals surface area (Å²) in [6, 6.07) is 6.75. The van der Waals surface area contributed by atoms with Crippen LogP contribution in [0.4, 0.5) is 10.2 Å². The molecule has 1 fully saturated rings. The lowest BCUT2D eigenvalue weighted by Gasteiger charge is -2.30. The first-order valence-electron chi connectivity index (χ1n) is 13.6. The van der Waals surface area contributed by atoms with Crippen molar-refractivity contribution in [2.24, 2.45) is 0 Å². The number of amides is 1. The average Bonchev–Trinajstić information content (AvgIpc) is 3.28. The fraction of sp³-hybridized carbons (Fsp3) is 0.414. The highest BCUT2D eigenvalue weighted by Crippen LogP contribution is 2.36. The smallest absolute Gasteiger partial charge is 0.252 e. The minimum absolute atomic E-state index is 0.207. The number of hydrogen-bond donors (Lipinski definition) is 4. The van der Waals surface area contributed by atoms with Crippen LogP contribution >= 0.6 is 23.8 Å². The molecule has 0 saturated carbocycles. The number of hydrazine groups is 1. The summed E-state index contributed by atoms with van der Waals surface area (Å²) in [7, 11) is 4.14. The lowest BCUT2D eigenvalue weighted by Crippen LogP contribution is -2.42. The Bertz CT molecular complexity index is 1350. The number of aryl methyl sites for hydroxylation is 1. The number of benzene rings is 1. The summed E-state index contributed by atoms with van der Waals surface area (Å²) in [5.41, 5.74) is 10.6. The van der Waals surface area contributed by atoms with E-state index in [1.54, 1.807) is 12.1 Å². The molecule has 1 saturated heterocycles. The SMILES string of the molecule is CN1C=CC2=C(C1)C(NC(=S)NNc1ncc(C(=O)NCCC3CCCN3C)cc1Cl)c1cc(F)ccc1CC2. The zero-order valence-electron chi connectivity index (χ0n) is 22.8. The van der Waals surface area contributed by atoms with Gasteiger partial charge in [-0.3, -0.25) is 15.6 Å². The van der Waals surface area contributed by atoms with Crippen molar-refractivity contribution in [1.29, 1.82) is 0 Å². The van der Waals surface area contributed by atoms with Gasteiger partial charge in [0.05, 0.1) is 16.6 Å². The van der Waals surface area contributed by atoms with Gasteiger partial charge in [-0.05, 0) is 111 Å². The number of nitrogens with zero attached hydrogens (tertiary/aromatic N) is 3. The molecule has 40 heavy (non-hydrogen) atoms. The van der Waals surface area contributed by atoms with Crippen molar-refractivity contribution in [1.82, 2.24) is 30.8 Å². The van der Waals surface area contributed by atoms with Crippen LogP contribution in [0.15, 0.2) is 53.9 Å². The molecule has 2 unspecified atom stereocenters. The van der Waals surface area contributed by atoms with Gasteiger partial charge in [-0.25, -0.2) is 9.37 Å². The second-order valence-corrected chi connectivity index (χ2v) is 11.5. The number of carbonyl (C=O) groups excluding carboxylic acids is 1. The van der Waals surface area contributed by atoms with Crippen LogP contribution in [-0.4, -0.2) is 65.6 Å². The van der Waals surface area contributed by atoms with Crippen molar-refractivity contribution in [2.45, 2.75) is 44.2 Å². The number of aromatic nitrogens is 1. The Balaban J connectivity index is 1.21. The van der Waals surface area contributed by atoms with Crippen molar-refractivity contribution in [2.75, 3.05) is 39.2 Å². The van der Waals surface area contributed by atoms with Crippen LogP contribution in [0.25, 0.3) is 0 Å². The van der Waals surface area contributed by atoms with Crippen LogP contribution in [0.3, 0.4) is 0 Å². The van der Waals surface area contributed by atoms with Gasteiger partial charge in [-0.1, -0.05) is 17.7 Å². The van der Waals surface area contributed by atoms with Crippen LogP contribution in [0.1, 0.15) is 53.2 Å². The van der Waals surface area contributed by atoms with E-state index < -0.39 is 0 Å². The summed E-state index contributed by atoms with van der Waals surface area (Å²) >= 11 is 12.0. The van der Waals surface area contributed by atoms with Crippen LogP contribution in [0.2, 0.25) is 5.02 Å². The summed E-state index contributed by atoms with van der Waals surface area (Å²) in [6.45, 7) is 2.42. The third kappa shape index (κ3) is 6.56. The van der Waals surface area contributed by atoms with Gasteiger partial charge >= 0.3 is 0 Å². The van der Waals surface area contributed by atoms with Gasteiger partial charge in [0.2, 0.25) is 0 Å². The fourth-order valence-corrected chi connectivity index (χ4v) is 6.07. The number of likely N-dealkylation sites (N-methyl/N-ethyl adjacent to an activating group) is 1. The monoisotopic (exact) mass is 583 g/mol. The molecule has 2 aliphatic heterocycles. The van der Waals surface area contributed by atoms with Gasteiger partial charge in [0.1, 0.15) is 5.82 Å². The van der Waals surface area contributed by atoms with Crippen molar-refractivity contribution in [3.8, 4) is 0 Å². The summed E-state index contributed by atoms with van der Waals surface area (Å²) in [5, 5.41) is 6.92. The maximum absolute atomic E-state index is 14.3. The molecule has 2 atom stereocenters. The number of rotatable bonds is 7. The molecule has 1 aromatic carbocycles. The molecule has 11 heteroatoms. The topological polar surface area (TPSA) is 84.6 Å². The second kappa shape index (κ2) is 12.5. The maximum Gasteiger partial charge on any atom is 0.252 e. The van der Waals surface area contributed by atoms with Gasteiger partial charge < -0.3 is 20.4 Å². The van der Waals surface area contributed by atoms with Crippen LogP contribution in [0, 0.1) is 5.82 Å². The van der Waals surface area contributed by atoms with Gasteiger partial charge in [0, 0.05) is 32.4 Å². The summed E-state index contributed by atoms with van der Waals surface area (Å²) in [5.74, 6) is -0.152. The van der Waals surface area contributed by atoms with Gasteiger partial charge in [-0.2, -0.15) is 0 Å². The Morgan fingerprint density at radius 3 is 2.88 bits per heavy atom. The van der Waals surface area contributed by atoms with Gasteiger partial charge in [0.15, 0.2) is 10.9 Å². The van der Waals surface area contributed by atoms with E-state index in [2.05, 4.69) is 55.6 Å². The molecule has 5 rings (SSSR count). The molecule has 2 aromatic rings. The highest BCUT2D eigenvalue weighted by Gasteiger charge is 2.28. The van der Waals surface area contributed by atoms with Crippen molar-refractivity contribution in [3.05, 3.63) is 81.4 Å². The minimum atomic E-state index is -0.295. The van der Waals surface area contributed by atoms with Gasteiger partial charge in [-0.15, -0.1) is 0 Å². The van der Waals surface area contributed by atoms with E-state index >= 15 is 0 Å². The zero-order chi connectivity index (χ0) is 28.2. The number of likely N-dealkylation sites (tertiary alicyclic amines) is 1. The minimum Gasteiger partial charge on any atom is -0.376 e. The molecule has 4 N–H and O–H groups in total. The van der Waals surface area contributed by atoms with E-state index in [9.17, 15) is 9.18 Å². The first kappa shape index (κ1) is 28.3. The molecule has 0 radical (unpaired) electrons. The maximum atomic E-state index is 14.3. The van der Waals surface area contributed by atoms with Crippen molar-refractivity contribution < 1.29 is 9.18 Å². The molecule has 0 spiro atoms.